The van der Waals surface area contributed by atoms with Crippen LogP contribution in [0.5, 0.6) is 0 Å². The zero-order valence-corrected chi connectivity index (χ0v) is 12.3. The van der Waals surface area contributed by atoms with Crippen molar-refractivity contribution < 1.29 is 0 Å². The van der Waals surface area contributed by atoms with Gasteiger partial charge in [0, 0.05) is 15.9 Å². The summed E-state index contributed by atoms with van der Waals surface area (Å²) in [4.78, 5) is 0. The fraction of sp³-hybridized carbons (Fsp3) is 0.200. The summed E-state index contributed by atoms with van der Waals surface area (Å²) in [6, 6.07) is 8.04. The average molecular weight is 294 g/mol. The Morgan fingerprint density at radius 1 is 1.24 bits per heavy atom. The molecule has 1 aromatic rings. The van der Waals surface area contributed by atoms with Crippen LogP contribution in [0.15, 0.2) is 65.3 Å². The molecule has 0 saturated heterocycles. The summed E-state index contributed by atoms with van der Waals surface area (Å²) in [6.45, 7) is 9.67. The minimum Gasteiger partial charge on any atom is -0.356 e. The van der Waals surface area contributed by atoms with Gasteiger partial charge in [-0.05, 0) is 43.3 Å². The minimum absolute atomic E-state index is 1.02. The molecular weight excluding hydrogens is 274 g/mol. The van der Waals surface area contributed by atoms with Gasteiger partial charge in [-0.15, -0.1) is 0 Å². The van der Waals surface area contributed by atoms with Crippen LogP contribution in [0.1, 0.15) is 20.8 Å². The van der Waals surface area contributed by atoms with E-state index in [4.69, 9.17) is 0 Å². The van der Waals surface area contributed by atoms with E-state index in [1.54, 1.807) is 6.08 Å². The van der Waals surface area contributed by atoms with Crippen LogP contribution in [0.25, 0.3) is 0 Å². The second kappa shape index (κ2) is 9.91. The third-order valence-corrected chi connectivity index (χ3v) is 2.31. The van der Waals surface area contributed by atoms with Crippen molar-refractivity contribution in [2.75, 3.05) is 5.32 Å². The van der Waals surface area contributed by atoms with Crippen LogP contribution in [0.4, 0.5) is 5.69 Å². The molecule has 1 rings (SSSR count). The van der Waals surface area contributed by atoms with E-state index in [2.05, 4.69) is 27.8 Å². The fourth-order valence-corrected chi connectivity index (χ4v) is 1.41. The van der Waals surface area contributed by atoms with Gasteiger partial charge < -0.3 is 5.32 Å². The normalized spacial score (nSPS) is 10.7. The summed E-state index contributed by atoms with van der Waals surface area (Å²) in [5.74, 6) is 0. The van der Waals surface area contributed by atoms with E-state index in [9.17, 15) is 0 Å². The van der Waals surface area contributed by atoms with Crippen molar-refractivity contribution >= 4 is 21.6 Å². The molecule has 0 amide bonds. The second-order valence-corrected chi connectivity index (χ2v) is 3.91. The van der Waals surface area contributed by atoms with Crippen molar-refractivity contribution in [1.29, 1.82) is 0 Å². The SMILES string of the molecule is C=C/C=C(\C=C/C)Nc1ccc(Br)cc1.CC. The van der Waals surface area contributed by atoms with Crippen LogP contribution in [-0.2, 0) is 0 Å². The number of hydrogen-bond acceptors (Lipinski definition) is 1. The zero-order chi connectivity index (χ0) is 13.1. The van der Waals surface area contributed by atoms with Crippen molar-refractivity contribution in [3.8, 4) is 0 Å². The molecule has 0 fully saturated rings. The average Bonchev–Trinajstić information content (AvgIpc) is 2.35. The molecule has 17 heavy (non-hydrogen) atoms. The lowest BCUT2D eigenvalue weighted by Crippen LogP contribution is -1.95. The van der Waals surface area contributed by atoms with E-state index in [-0.39, 0.29) is 0 Å². The number of halogens is 1. The Hall–Kier alpha value is -1.28. The first-order valence-electron chi connectivity index (χ1n) is 5.74. The molecule has 0 radical (unpaired) electrons. The van der Waals surface area contributed by atoms with Crippen LogP contribution in [-0.4, -0.2) is 0 Å². The number of hydrogen-bond donors (Lipinski definition) is 1. The standard InChI is InChI=1S/C13H14BrN.C2H6/c1-3-5-12(6-4-2)15-13-9-7-11(14)8-10-13;1-2/h3-10,15H,1H2,2H3;1-2H3/b6-4-,12-5+;. The lowest BCUT2D eigenvalue weighted by Gasteiger charge is -2.06. The third kappa shape index (κ3) is 6.80. The van der Waals surface area contributed by atoms with Gasteiger partial charge in [0.2, 0.25) is 0 Å². The molecule has 1 N–H and O–H groups in total. The molecule has 0 spiro atoms. The number of benzene rings is 1. The van der Waals surface area contributed by atoms with Gasteiger partial charge in [-0.2, -0.15) is 0 Å². The van der Waals surface area contributed by atoms with E-state index >= 15 is 0 Å². The third-order valence-electron chi connectivity index (χ3n) is 1.78. The molecule has 0 aromatic heterocycles. The second-order valence-electron chi connectivity index (χ2n) is 2.99. The number of rotatable bonds is 4. The Balaban J connectivity index is 0.00000121. The molecular formula is C15H20BrN. The summed E-state index contributed by atoms with van der Waals surface area (Å²) >= 11 is 3.40. The van der Waals surface area contributed by atoms with Crippen molar-refractivity contribution in [3.05, 3.63) is 65.3 Å². The summed E-state index contributed by atoms with van der Waals surface area (Å²) in [5, 5.41) is 3.29. The highest BCUT2D eigenvalue weighted by Crippen LogP contribution is 2.16. The van der Waals surface area contributed by atoms with Crippen molar-refractivity contribution in [2.45, 2.75) is 20.8 Å². The minimum atomic E-state index is 1.02. The lowest BCUT2D eigenvalue weighted by atomic mass is 10.3. The predicted molar refractivity (Wildman–Crippen MR) is 82.2 cm³/mol. The molecule has 0 bridgehead atoms. The van der Waals surface area contributed by atoms with Crippen molar-refractivity contribution in [2.24, 2.45) is 0 Å². The maximum absolute atomic E-state index is 3.68. The molecule has 92 valence electrons. The van der Waals surface area contributed by atoms with E-state index in [0.717, 1.165) is 15.9 Å². The monoisotopic (exact) mass is 293 g/mol. The molecule has 1 aromatic carbocycles. The van der Waals surface area contributed by atoms with Gasteiger partial charge >= 0.3 is 0 Å². The van der Waals surface area contributed by atoms with Crippen LogP contribution < -0.4 is 5.32 Å². The van der Waals surface area contributed by atoms with Gasteiger partial charge in [0.1, 0.15) is 0 Å². The Labute approximate surface area is 113 Å². The molecule has 0 aliphatic carbocycles. The Morgan fingerprint density at radius 3 is 2.29 bits per heavy atom. The molecule has 0 saturated carbocycles. The van der Waals surface area contributed by atoms with E-state index in [1.807, 2.05) is 63.3 Å². The van der Waals surface area contributed by atoms with Gasteiger partial charge in [-0.25, -0.2) is 0 Å². The van der Waals surface area contributed by atoms with Gasteiger partial charge in [-0.3, -0.25) is 0 Å². The summed E-state index contributed by atoms with van der Waals surface area (Å²) < 4.78 is 1.08. The van der Waals surface area contributed by atoms with Gasteiger partial charge in [0.25, 0.3) is 0 Å². The lowest BCUT2D eigenvalue weighted by molar-refractivity contribution is 1.46. The number of anilines is 1. The molecule has 0 heterocycles. The first-order chi connectivity index (χ1) is 8.26. The number of nitrogens with one attached hydrogen (secondary N) is 1. The largest absolute Gasteiger partial charge is 0.356 e. The molecule has 2 heteroatoms. The maximum Gasteiger partial charge on any atom is 0.0384 e. The van der Waals surface area contributed by atoms with E-state index in [0.29, 0.717) is 0 Å². The highest BCUT2D eigenvalue weighted by molar-refractivity contribution is 9.10. The first-order valence-corrected chi connectivity index (χ1v) is 6.53. The fourth-order valence-electron chi connectivity index (χ4n) is 1.15. The number of allylic oxidation sites excluding steroid dienone is 4. The molecule has 1 nitrogen and oxygen atoms in total. The summed E-state index contributed by atoms with van der Waals surface area (Å²) in [5.41, 5.74) is 2.08. The predicted octanol–water partition coefficient (Wildman–Crippen LogP) is 5.53. The maximum atomic E-state index is 3.68. The molecule has 0 aliphatic heterocycles. The van der Waals surface area contributed by atoms with Crippen LogP contribution in [0.2, 0.25) is 0 Å². The van der Waals surface area contributed by atoms with Gasteiger partial charge in [0.05, 0.1) is 0 Å². The van der Waals surface area contributed by atoms with Crippen molar-refractivity contribution in [1.82, 2.24) is 0 Å². The molecule has 0 atom stereocenters. The van der Waals surface area contributed by atoms with Crippen LogP contribution in [0, 0.1) is 0 Å². The highest BCUT2D eigenvalue weighted by Gasteiger charge is 1.93. The van der Waals surface area contributed by atoms with Gasteiger partial charge in [-0.1, -0.05) is 48.5 Å². The highest BCUT2D eigenvalue weighted by atomic mass is 79.9. The Bertz CT molecular complexity index is 374. The smallest absolute Gasteiger partial charge is 0.0384 e. The molecule has 0 unspecified atom stereocenters. The zero-order valence-electron chi connectivity index (χ0n) is 10.7. The summed E-state index contributed by atoms with van der Waals surface area (Å²) in [6.07, 6.45) is 7.69. The van der Waals surface area contributed by atoms with Crippen LogP contribution >= 0.6 is 15.9 Å². The van der Waals surface area contributed by atoms with Gasteiger partial charge in [0.15, 0.2) is 0 Å². The Kier molecular flexibility index (Phi) is 9.17. The van der Waals surface area contributed by atoms with E-state index in [1.165, 1.54) is 0 Å². The quantitative estimate of drug-likeness (QED) is 0.719. The van der Waals surface area contributed by atoms with E-state index < -0.39 is 0 Å². The Morgan fingerprint density at radius 2 is 1.82 bits per heavy atom. The van der Waals surface area contributed by atoms with Crippen LogP contribution in [0.3, 0.4) is 0 Å². The first kappa shape index (κ1) is 15.7. The topological polar surface area (TPSA) is 12.0 Å². The van der Waals surface area contributed by atoms with Crippen molar-refractivity contribution in [3.63, 3.8) is 0 Å². The molecule has 0 aliphatic rings. The summed E-state index contributed by atoms with van der Waals surface area (Å²) in [7, 11) is 0.